The van der Waals surface area contributed by atoms with Crippen LogP contribution in [-0.2, 0) is 6.42 Å². The Morgan fingerprint density at radius 3 is 3.10 bits per heavy atom. The normalized spacial score (nSPS) is 9.60. The number of allylic oxidation sites excluding steroid dienone is 1. The van der Waals surface area contributed by atoms with Crippen molar-refractivity contribution in [3.05, 3.63) is 42.5 Å². The second kappa shape index (κ2) is 3.99. The SMILES string of the molecule is C=CCCCc1cc[cH-]c1. The molecule has 0 spiro atoms. The van der Waals surface area contributed by atoms with Gasteiger partial charge in [-0.3, -0.25) is 0 Å². The minimum Gasteiger partial charge on any atom is -0.211 e. The molecule has 1 aromatic rings. The van der Waals surface area contributed by atoms with E-state index in [0.717, 1.165) is 6.42 Å². The first-order chi connectivity index (χ1) is 4.93. The summed E-state index contributed by atoms with van der Waals surface area (Å²) in [7, 11) is 0. The van der Waals surface area contributed by atoms with Crippen LogP contribution in [0.2, 0.25) is 0 Å². The average Bonchev–Trinajstić information content (AvgIpc) is 2.41. The van der Waals surface area contributed by atoms with Gasteiger partial charge < -0.3 is 0 Å². The summed E-state index contributed by atoms with van der Waals surface area (Å²) in [6.45, 7) is 3.68. The van der Waals surface area contributed by atoms with Crippen LogP contribution >= 0.6 is 0 Å². The molecule has 1 aromatic carbocycles. The lowest BCUT2D eigenvalue weighted by atomic mass is 10.1. The van der Waals surface area contributed by atoms with Gasteiger partial charge in [-0.15, -0.1) is 6.58 Å². The van der Waals surface area contributed by atoms with Gasteiger partial charge in [0, 0.05) is 0 Å². The fourth-order valence-corrected chi connectivity index (χ4v) is 1.03. The third kappa shape index (κ3) is 2.14. The van der Waals surface area contributed by atoms with Crippen LogP contribution in [0.4, 0.5) is 0 Å². The predicted octanol–water partition coefficient (Wildman–Crippen LogP) is 2.91. The van der Waals surface area contributed by atoms with E-state index in [2.05, 4.69) is 30.8 Å². The van der Waals surface area contributed by atoms with Crippen LogP contribution < -0.4 is 0 Å². The van der Waals surface area contributed by atoms with E-state index in [1.807, 2.05) is 6.08 Å². The van der Waals surface area contributed by atoms with Crippen LogP contribution in [-0.4, -0.2) is 0 Å². The maximum atomic E-state index is 3.68. The predicted molar refractivity (Wildman–Crippen MR) is 45.2 cm³/mol. The Hall–Kier alpha value is -0.910. The molecule has 54 valence electrons. The fourth-order valence-electron chi connectivity index (χ4n) is 1.03. The summed E-state index contributed by atoms with van der Waals surface area (Å²) in [5.41, 5.74) is 1.45. The van der Waals surface area contributed by atoms with Gasteiger partial charge in [0.1, 0.15) is 0 Å². The molecule has 0 bridgehead atoms. The molecule has 0 aromatic heterocycles. The molecule has 0 aliphatic rings. The molecule has 0 unspecified atom stereocenters. The smallest absolute Gasteiger partial charge is 0.0360 e. The van der Waals surface area contributed by atoms with Gasteiger partial charge >= 0.3 is 0 Å². The summed E-state index contributed by atoms with van der Waals surface area (Å²) >= 11 is 0. The van der Waals surface area contributed by atoms with Gasteiger partial charge in [-0.05, 0) is 6.42 Å². The van der Waals surface area contributed by atoms with Crippen LogP contribution in [0.25, 0.3) is 0 Å². The summed E-state index contributed by atoms with van der Waals surface area (Å²) in [4.78, 5) is 0. The molecule has 0 aliphatic heterocycles. The molecule has 0 radical (unpaired) electrons. The first-order valence-electron chi connectivity index (χ1n) is 3.75. The van der Waals surface area contributed by atoms with Crippen molar-refractivity contribution in [3.8, 4) is 0 Å². The van der Waals surface area contributed by atoms with Gasteiger partial charge in [0.2, 0.25) is 0 Å². The van der Waals surface area contributed by atoms with Crippen LogP contribution in [0.5, 0.6) is 0 Å². The van der Waals surface area contributed by atoms with E-state index in [9.17, 15) is 0 Å². The highest BCUT2D eigenvalue weighted by Crippen LogP contribution is 2.04. The van der Waals surface area contributed by atoms with Gasteiger partial charge in [-0.1, -0.05) is 18.9 Å². The molecule has 0 heteroatoms. The third-order valence-corrected chi connectivity index (χ3v) is 1.61. The second-order valence-electron chi connectivity index (χ2n) is 2.47. The number of aryl methyl sites for hydroxylation is 1. The van der Waals surface area contributed by atoms with Crippen molar-refractivity contribution >= 4 is 0 Å². The number of hydrogen-bond acceptors (Lipinski definition) is 0. The van der Waals surface area contributed by atoms with E-state index in [4.69, 9.17) is 0 Å². The number of hydrogen-bond donors (Lipinski definition) is 0. The van der Waals surface area contributed by atoms with E-state index in [1.54, 1.807) is 0 Å². The summed E-state index contributed by atoms with van der Waals surface area (Å²) in [6.07, 6.45) is 5.53. The summed E-state index contributed by atoms with van der Waals surface area (Å²) < 4.78 is 0. The lowest BCUT2D eigenvalue weighted by Crippen LogP contribution is -1.78. The molecule has 0 heterocycles. The van der Waals surface area contributed by atoms with Crippen molar-refractivity contribution in [2.75, 3.05) is 0 Å². The van der Waals surface area contributed by atoms with Crippen LogP contribution in [0, 0.1) is 0 Å². The Labute approximate surface area is 62.6 Å². The third-order valence-electron chi connectivity index (χ3n) is 1.61. The van der Waals surface area contributed by atoms with E-state index < -0.39 is 0 Å². The van der Waals surface area contributed by atoms with Crippen LogP contribution in [0.1, 0.15) is 18.4 Å². The lowest BCUT2D eigenvalue weighted by Gasteiger charge is -1.99. The molecule has 10 heavy (non-hydrogen) atoms. The standard InChI is InChI=1S/C10H13/c1-2-3-4-7-10-8-5-6-9-10/h2,5-6,8-9H,1,3-4,7H2/q-1. The molecule has 0 amide bonds. The molecule has 0 saturated heterocycles. The monoisotopic (exact) mass is 133 g/mol. The van der Waals surface area contributed by atoms with Gasteiger partial charge in [0.05, 0.1) is 0 Å². The van der Waals surface area contributed by atoms with E-state index in [1.165, 1.54) is 18.4 Å². The molecule has 0 fully saturated rings. The summed E-state index contributed by atoms with van der Waals surface area (Å²) in [5.74, 6) is 0. The van der Waals surface area contributed by atoms with Gasteiger partial charge in [0.15, 0.2) is 0 Å². The van der Waals surface area contributed by atoms with E-state index in [0.29, 0.717) is 0 Å². The number of unbranched alkanes of at least 4 members (excludes halogenated alkanes) is 1. The van der Waals surface area contributed by atoms with Crippen molar-refractivity contribution in [2.24, 2.45) is 0 Å². The quantitative estimate of drug-likeness (QED) is 0.336. The molecule has 0 aliphatic carbocycles. The molecule has 0 nitrogen and oxygen atoms in total. The Morgan fingerprint density at radius 2 is 2.50 bits per heavy atom. The minimum absolute atomic E-state index is 1.13. The van der Waals surface area contributed by atoms with Gasteiger partial charge in [-0.25, -0.2) is 6.07 Å². The number of rotatable bonds is 4. The topological polar surface area (TPSA) is 0 Å². The molecule has 1 rings (SSSR count). The lowest BCUT2D eigenvalue weighted by molar-refractivity contribution is 0.846. The highest BCUT2D eigenvalue weighted by molar-refractivity contribution is 5.15. The Bertz CT molecular complexity index is 170. The van der Waals surface area contributed by atoms with Crippen LogP contribution in [0.15, 0.2) is 36.9 Å². The maximum absolute atomic E-state index is 3.68. The second-order valence-corrected chi connectivity index (χ2v) is 2.47. The highest BCUT2D eigenvalue weighted by Gasteiger charge is 1.81. The highest BCUT2D eigenvalue weighted by atomic mass is 13.9. The zero-order valence-electron chi connectivity index (χ0n) is 6.22. The molecule has 0 N–H and O–H groups in total. The van der Waals surface area contributed by atoms with Gasteiger partial charge in [-0.2, -0.15) is 23.8 Å². The molecular weight excluding hydrogens is 120 g/mol. The zero-order chi connectivity index (χ0) is 7.23. The van der Waals surface area contributed by atoms with Gasteiger partial charge in [0.25, 0.3) is 0 Å². The van der Waals surface area contributed by atoms with Crippen molar-refractivity contribution in [1.82, 2.24) is 0 Å². The first kappa shape index (κ1) is 7.20. The summed E-state index contributed by atoms with van der Waals surface area (Å²) in [6, 6.07) is 8.51. The fraction of sp³-hybridized carbons (Fsp3) is 0.300. The van der Waals surface area contributed by atoms with Crippen molar-refractivity contribution < 1.29 is 0 Å². The Kier molecular flexibility index (Phi) is 2.88. The first-order valence-corrected chi connectivity index (χ1v) is 3.75. The Morgan fingerprint density at radius 1 is 1.60 bits per heavy atom. The Balaban J connectivity index is 2.21. The van der Waals surface area contributed by atoms with E-state index >= 15 is 0 Å². The average molecular weight is 133 g/mol. The minimum atomic E-state index is 1.13. The van der Waals surface area contributed by atoms with Crippen molar-refractivity contribution in [2.45, 2.75) is 19.3 Å². The van der Waals surface area contributed by atoms with Crippen molar-refractivity contribution in [3.63, 3.8) is 0 Å². The molecule has 0 atom stereocenters. The molecular formula is C10H13-. The largest absolute Gasteiger partial charge is 0.211 e. The van der Waals surface area contributed by atoms with E-state index in [-0.39, 0.29) is 0 Å². The van der Waals surface area contributed by atoms with Crippen LogP contribution in [0.3, 0.4) is 0 Å². The zero-order valence-corrected chi connectivity index (χ0v) is 6.22. The summed E-state index contributed by atoms with van der Waals surface area (Å²) in [5, 5.41) is 0. The molecule has 0 saturated carbocycles. The van der Waals surface area contributed by atoms with Crippen molar-refractivity contribution in [1.29, 1.82) is 0 Å². The maximum Gasteiger partial charge on any atom is -0.0360 e.